The summed E-state index contributed by atoms with van der Waals surface area (Å²) in [5, 5.41) is 7.36. The zero-order chi connectivity index (χ0) is 16.1. The second kappa shape index (κ2) is 7.41. The highest BCUT2D eigenvalue weighted by Gasteiger charge is 2.08. The Morgan fingerprint density at radius 2 is 1.59 bits per heavy atom. The summed E-state index contributed by atoms with van der Waals surface area (Å²) in [6, 6.07) is 12.8. The van der Waals surface area contributed by atoms with Crippen molar-refractivity contribution in [2.24, 2.45) is 0 Å². The van der Waals surface area contributed by atoms with Gasteiger partial charge < -0.3 is 10.6 Å². The molecule has 0 radical (unpaired) electrons. The first-order valence-electron chi connectivity index (χ1n) is 7.81. The highest BCUT2D eigenvalue weighted by molar-refractivity contribution is 7.80. The molecule has 22 heavy (non-hydrogen) atoms. The van der Waals surface area contributed by atoms with Crippen LogP contribution in [0.5, 0.6) is 0 Å². The Morgan fingerprint density at radius 1 is 0.955 bits per heavy atom. The first-order valence-corrected chi connectivity index (χ1v) is 8.22. The Hall–Kier alpha value is -1.87. The maximum Gasteiger partial charge on any atom is 0.175 e. The van der Waals surface area contributed by atoms with E-state index in [-0.39, 0.29) is 0 Å². The minimum absolute atomic E-state index is 0.643. The van der Waals surface area contributed by atoms with Gasteiger partial charge in [-0.3, -0.25) is 0 Å². The molecule has 0 atom stereocenters. The lowest BCUT2D eigenvalue weighted by Gasteiger charge is -2.18. The van der Waals surface area contributed by atoms with E-state index in [2.05, 4.69) is 74.7 Å². The van der Waals surface area contributed by atoms with Crippen LogP contribution in [0.3, 0.4) is 0 Å². The van der Waals surface area contributed by atoms with Crippen molar-refractivity contribution in [3.05, 3.63) is 58.7 Å². The van der Waals surface area contributed by atoms with Crippen LogP contribution in [0.2, 0.25) is 0 Å². The molecule has 2 rings (SSSR count). The summed E-state index contributed by atoms with van der Waals surface area (Å²) in [6.07, 6.45) is 1.98. The molecular weight excluding hydrogens is 288 g/mol. The Morgan fingerprint density at radius 3 is 2.18 bits per heavy atom. The van der Waals surface area contributed by atoms with Gasteiger partial charge in [-0.2, -0.15) is 0 Å². The highest BCUT2D eigenvalue weighted by atomic mass is 32.1. The largest absolute Gasteiger partial charge is 0.332 e. The number of hydrogen-bond donors (Lipinski definition) is 2. The van der Waals surface area contributed by atoms with Crippen LogP contribution in [-0.2, 0) is 12.8 Å². The van der Waals surface area contributed by atoms with Crippen LogP contribution in [0, 0.1) is 13.8 Å². The highest BCUT2D eigenvalue weighted by Crippen LogP contribution is 2.23. The van der Waals surface area contributed by atoms with Crippen LogP contribution in [-0.4, -0.2) is 5.11 Å². The van der Waals surface area contributed by atoms with E-state index in [0.717, 1.165) is 24.2 Å². The number of hydrogen-bond acceptors (Lipinski definition) is 1. The predicted octanol–water partition coefficient (Wildman–Crippen LogP) is 5.24. The standard InChI is InChI=1S/C19H24N2S/c1-5-15-8-7-9-16(6-2)18(15)21-19(22)20-17-12-13(3)10-11-14(17)4/h7-12H,5-6H2,1-4H3,(H2,20,21,22). The van der Waals surface area contributed by atoms with E-state index in [4.69, 9.17) is 12.2 Å². The molecule has 2 nitrogen and oxygen atoms in total. The monoisotopic (exact) mass is 312 g/mol. The van der Waals surface area contributed by atoms with E-state index in [1.54, 1.807) is 0 Å². The van der Waals surface area contributed by atoms with E-state index in [9.17, 15) is 0 Å². The fraction of sp³-hybridized carbons (Fsp3) is 0.316. The van der Waals surface area contributed by atoms with Crippen molar-refractivity contribution in [1.82, 2.24) is 0 Å². The van der Waals surface area contributed by atoms with Gasteiger partial charge in [0.1, 0.15) is 0 Å². The van der Waals surface area contributed by atoms with E-state index < -0.39 is 0 Å². The van der Waals surface area contributed by atoms with Gasteiger partial charge in [-0.25, -0.2) is 0 Å². The number of benzene rings is 2. The van der Waals surface area contributed by atoms with Crippen molar-refractivity contribution in [3.8, 4) is 0 Å². The van der Waals surface area contributed by atoms with Gasteiger partial charge in [-0.1, -0.05) is 44.2 Å². The topological polar surface area (TPSA) is 24.1 Å². The molecule has 0 heterocycles. The van der Waals surface area contributed by atoms with Crippen molar-refractivity contribution in [3.63, 3.8) is 0 Å². The molecule has 0 aliphatic carbocycles. The predicted molar refractivity (Wildman–Crippen MR) is 101 cm³/mol. The van der Waals surface area contributed by atoms with Crippen LogP contribution in [0.4, 0.5) is 11.4 Å². The molecule has 3 heteroatoms. The van der Waals surface area contributed by atoms with E-state index in [1.807, 2.05) is 0 Å². The molecule has 0 saturated carbocycles. The molecule has 0 unspecified atom stereocenters. The molecule has 116 valence electrons. The number of nitrogens with one attached hydrogen (secondary N) is 2. The number of thiocarbonyl (C=S) groups is 1. The summed E-state index contributed by atoms with van der Waals surface area (Å²) < 4.78 is 0. The second-order valence-electron chi connectivity index (χ2n) is 5.56. The molecule has 0 spiro atoms. The van der Waals surface area contributed by atoms with Crippen molar-refractivity contribution in [1.29, 1.82) is 0 Å². The Labute approximate surface area is 139 Å². The van der Waals surface area contributed by atoms with Gasteiger partial charge in [0.05, 0.1) is 0 Å². The average molecular weight is 312 g/mol. The van der Waals surface area contributed by atoms with Crippen molar-refractivity contribution in [2.45, 2.75) is 40.5 Å². The molecule has 0 fully saturated rings. The Kier molecular flexibility index (Phi) is 5.56. The molecule has 0 bridgehead atoms. The van der Waals surface area contributed by atoms with Gasteiger partial charge in [0.15, 0.2) is 5.11 Å². The summed E-state index contributed by atoms with van der Waals surface area (Å²) in [6.45, 7) is 8.51. The molecule has 0 aliphatic heterocycles. The van der Waals surface area contributed by atoms with E-state index in [1.165, 1.54) is 22.3 Å². The zero-order valence-electron chi connectivity index (χ0n) is 13.8. The smallest absolute Gasteiger partial charge is 0.175 e. The third kappa shape index (κ3) is 3.86. The Bertz CT molecular complexity index is 655. The van der Waals surface area contributed by atoms with Gasteiger partial charge in [0, 0.05) is 11.4 Å². The molecule has 2 aromatic rings. The summed E-state index contributed by atoms with van der Waals surface area (Å²) >= 11 is 5.51. The van der Waals surface area contributed by atoms with Crippen LogP contribution in [0.15, 0.2) is 36.4 Å². The second-order valence-corrected chi connectivity index (χ2v) is 5.96. The lowest BCUT2D eigenvalue weighted by molar-refractivity contribution is 1.09. The summed E-state index contributed by atoms with van der Waals surface area (Å²) in [7, 11) is 0. The number of anilines is 2. The molecule has 0 amide bonds. The quantitative estimate of drug-likeness (QED) is 0.755. The number of aryl methyl sites for hydroxylation is 4. The first kappa shape index (κ1) is 16.5. The minimum atomic E-state index is 0.643. The third-order valence-electron chi connectivity index (χ3n) is 3.88. The Balaban J connectivity index is 2.20. The van der Waals surface area contributed by atoms with Gasteiger partial charge in [-0.05, 0) is 67.2 Å². The number of para-hydroxylation sites is 1. The summed E-state index contributed by atoms with van der Waals surface area (Å²) in [4.78, 5) is 0. The van der Waals surface area contributed by atoms with Crippen LogP contribution < -0.4 is 10.6 Å². The normalized spacial score (nSPS) is 10.4. The first-order chi connectivity index (χ1) is 10.5. The molecule has 0 aromatic heterocycles. The van der Waals surface area contributed by atoms with Gasteiger partial charge in [0.25, 0.3) is 0 Å². The van der Waals surface area contributed by atoms with Crippen molar-refractivity contribution < 1.29 is 0 Å². The molecule has 2 aromatic carbocycles. The van der Waals surface area contributed by atoms with Crippen LogP contribution >= 0.6 is 12.2 Å². The van der Waals surface area contributed by atoms with Crippen molar-refractivity contribution >= 4 is 28.7 Å². The minimum Gasteiger partial charge on any atom is -0.332 e. The van der Waals surface area contributed by atoms with Crippen LogP contribution in [0.25, 0.3) is 0 Å². The lowest BCUT2D eigenvalue weighted by atomic mass is 10.0. The van der Waals surface area contributed by atoms with Gasteiger partial charge in [-0.15, -0.1) is 0 Å². The van der Waals surface area contributed by atoms with Crippen LogP contribution in [0.1, 0.15) is 36.1 Å². The molecule has 0 saturated heterocycles. The zero-order valence-corrected chi connectivity index (χ0v) is 14.6. The van der Waals surface area contributed by atoms with Gasteiger partial charge in [0.2, 0.25) is 0 Å². The van der Waals surface area contributed by atoms with Gasteiger partial charge >= 0.3 is 0 Å². The SMILES string of the molecule is CCc1cccc(CC)c1NC(=S)Nc1cc(C)ccc1C. The molecule has 2 N–H and O–H groups in total. The van der Waals surface area contributed by atoms with E-state index in [0.29, 0.717) is 5.11 Å². The molecule has 0 aliphatic rings. The fourth-order valence-electron chi connectivity index (χ4n) is 2.54. The molecular formula is C19H24N2S. The summed E-state index contributed by atoms with van der Waals surface area (Å²) in [5.41, 5.74) is 7.21. The number of rotatable bonds is 4. The third-order valence-corrected chi connectivity index (χ3v) is 4.08. The van der Waals surface area contributed by atoms with E-state index >= 15 is 0 Å². The average Bonchev–Trinajstić information content (AvgIpc) is 2.51. The fourth-order valence-corrected chi connectivity index (χ4v) is 2.75. The maximum absolute atomic E-state index is 5.51. The summed E-state index contributed by atoms with van der Waals surface area (Å²) in [5.74, 6) is 0. The maximum atomic E-state index is 5.51. The van der Waals surface area contributed by atoms with Crippen molar-refractivity contribution in [2.75, 3.05) is 10.6 Å². The lowest BCUT2D eigenvalue weighted by Crippen LogP contribution is -2.21.